The van der Waals surface area contributed by atoms with Crippen LogP contribution in [0.2, 0.25) is 0 Å². The molecule has 0 bridgehead atoms. The van der Waals surface area contributed by atoms with Gasteiger partial charge < -0.3 is 25.4 Å². The number of hydrogen-bond donors (Lipinski definition) is 5. The molecule has 74 valence electrons. The van der Waals surface area contributed by atoms with Crippen molar-refractivity contribution in [1.82, 2.24) is 9.97 Å². The molecule has 0 saturated heterocycles. The first kappa shape index (κ1) is 10.1. The molecule has 0 aliphatic rings. The number of imidazole rings is 1. The third-order valence-electron chi connectivity index (χ3n) is 1.74. The summed E-state index contributed by atoms with van der Waals surface area (Å²) in [7, 11) is 0. The summed E-state index contributed by atoms with van der Waals surface area (Å²) in [6, 6.07) is 0. The van der Waals surface area contributed by atoms with E-state index in [9.17, 15) is 10.2 Å². The molecule has 0 aromatic carbocycles. The first-order chi connectivity index (χ1) is 6.16. The van der Waals surface area contributed by atoms with Gasteiger partial charge in [0.15, 0.2) is 0 Å². The molecule has 6 heteroatoms. The average Bonchev–Trinajstić information content (AvgIpc) is 2.67. The number of nitrogens with one attached hydrogen (secondary N) is 1. The molecule has 0 aliphatic carbocycles. The number of hydrogen-bond acceptors (Lipinski definition) is 5. The molecule has 0 amide bonds. The molecule has 0 unspecified atom stereocenters. The van der Waals surface area contributed by atoms with Crippen molar-refractivity contribution in [3.8, 4) is 0 Å². The molecule has 0 spiro atoms. The van der Waals surface area contributed by atoms with Crippen molar-refractivity contribution < 1.29 is 20.4 Å². The van der Waals surface area contributed by atoms with Gasteiger partial charge in [-0.25, -0.2) is 4.98 Å². The van der Waals surface area contributed by atoms with Gasteiger partial charge in [-0.05, 0) is 0 Å². The van der Waals surface area contributed by atoms with Crippen molar-refractivity contribution in [3.63, 3.8) is 0 Å². The number of aliphatic hydroxyl groups is 4. The first-order valence-electron chi connectivity index (χ1n) is 3.80. The Kier molecular flexibility index (Phi) is 3.38. The lowest BCUT2D eigenvalue weighted by Gasteiger charge is -2.20. The molecular weight excluding hydrogens is 176 g/mol. The smallest absolute Gasteiger partial charge is 0.124 e. The normalized spacial score (nSPS) is 18.2. The standard InChI is InChI=1S/C7H12N2O4/c10-2-5(11)7(13)6(12)4-1-8-3-9-4/h1,3,5-7,10-13H,2H2,(H,8,9)/t5-,6-,7+/m0/s1. The van der Waals surface area contributed by atoms with E-state index in [0.717, 1.165) is 0 Å². The maximum Gasteiger partial charge on any atom is 0.124 e. The second-order valence-electron chi connectivity index (χ2n) is 2.69. The SMILES string of the molecule is OC[C@H](O)[C@@H](O)[C@@H](O)c1cnc[nH]1. The van der Waals surface area contributed by atoms with E-state index in [-0.39, 0.29) is 0 Å². The summed E-state index contributed by atoms with van der Waals surface area (Å²) in [5.41, 5.74) is 0.292. The van der Waals surface area contributed by atoms with Crippen LogP contribution in [-0.2, 0) is 0 Å². The zero-order valence-electron chi connectivity index (χ0n) is 6.83. The zero-order chi connectivity index (χ0) is 9.84. The summed E-state index contributed by atoms with van der Waals surface area (Å²) >= 11 is 0. The second-order valence-corrected chi connectivity index (χ2v) is 2.69. The molecule has 5 N–H and O–H groups in total. The van der Waals surface area contributed by atoms with Gasteiger partial charge in [0.1, 0.15) is 18.3 Å². The maximum atomic E-state index is 9.39. The summed E-state index contributed by atoms with van der Waals surface area (Å²) in [6.07, 6.45) is -1.39. The molecule has 1 rings (SSSR count). The minimum Gasteiger partial charge on any atom is -0.394 e. The highest BCUT2D eigenvalue weighted by Crippen LogP contribution is 2.15. The molecule has 0 aliphatic heterocycles. The van der Waals surface area contributed by atoms with E-state index in [1.54, 1.807) is 0 Å². The number of aliphatic hydroxyl groups excluding tert-OH is 4. The molecule has 0 saturated carbocycles. The summed E-state index contributed by atoms with van der Waals surface area (Å²) in [4.78, 5) is 6.22. The lowest BCUT2D eigenvalue weighted by molar-refractivity contribution is -0.0788. The molecule has 13 heavy (non-hydrogen) atoms. The van der Waals surface area contributed by atoms with Crippen molar-refractivity contribution >= 4 is 0 Å². The lowest BCUT2D eigenvalue weighted by atomic mass is 10.1. The van der Waals surface area contributed by atoms with Gasteiger partial charge in [0.05, 0.1) is 24.8 Å². The Morgan fingerprint density at radius 2 is 2.08 bits per heavy atom. The van der Waals surface area contributed by atoms with Crippen molar-refractivity contribution in [1.29, 1.82) is 0 Å². The molecule has 3 atom stereocenters. The van der Waals surface area contributed by atoms with Crippen molar-refractivity contribution in [2.24, 2.45) is 0 Å². The summed E-state index contributed by atoms with van der Waals surface area (Å²) < 4.78 is 0. The Labute approximate surface area is 74.5 Å². The topological polar surface area (TPSA) is 110 Å². The van der Waals surface area contributed by atoms with Crippen LogP contribution in [0.3, 0.4) is 0 Å². The highest BCUT2D eigenvalue weighted by Gasteiger charge is 2.26. The fourth-order valence-corrected chi connectivity index (χ4v) is 0.931. The van der Waals surface area contributed by atoms with Gasteiger partial charge in [0.2, 0.25) is 0 Å². The van der Waals surface area contributed by atoms with Crippen LogP contribution < -0.4 is 0 Å². The van der Waals surface area contributed by atoms with E-state index >= 15 is 0 Å². The molecule has 1 aromatic rings. The van der Waals surface area contributed by atoms with Gasteiger partial charge in [-0.3, -0.25) is 0 Å². The van der Waals surface area contributed by atoms with Crippen LogP contribution in [-0.4, -0.2) is 49.2 Å². The van der Waals surface area contributed by atoms with Gasteiger partial charge >= 0.3 is 0 Å². The number of nitrogens with zero attached hydrogens (tertiary/aromatic N) is 1. The first-order valence-corrected chi connectivity index (χ1v) is 3.80. The highest BCUT2D eigenvalue weighted by atomic mass is 16.4. The largest absolute Gasteiger partial charge is 0.394 e. The fraction of sp³-hybridized carbons (Fsp3) is 0.571. The van der Waals surface area contributed by atoms with Crippen LogP contribution in [0.4, 0.5) is 0 Å². The number of rotatable bonds is 4. The predicted octanol–water partition coefficient (Wildman–Crippen LogP) is -1.84. The third kappa shape index (κ3) is 2.25. The van der Waals surface area contributed by atoms with E-state index in [4.69, 9.17) is 10.2 Å². The molecule has 6 nitrogen and oxygen atoms in total. The molecule has 1 aromatic heterocycles. The Hall–Kier alpha value is -0.950. The van der Waals surface area contributed by atoms with E-state index < -0.39 is 24.9 Å². The van der Waals surface area contributed by atoms with Gasteiger partial charge in [0.25, 0.3) is 0 Å². The van der Waals surface area contributed by atoms with Gasteiger partial charge in [-0.15, -0.1) is 0 Å². The van der Waals surface area contributed by atoms with Crippen molar-refractivity contribution in [3.05, 3.63) is 18.2 Å². The van der Waals surface area contributed by atoms with Crippen LogP contribution >= 0.6 is 0 Å². The number of aromatic amines is 1. The maximum absolute atomic E-state index is 9.39. The van der Waals surface area contributed by atoms with Crippen LogP contribution in [0, 0.1) is 0 Å². The molecule has 0 fully saturated rings. The minimum atomic E-state index is -1.43. The van der Waals surface area contributed by atoms with Crippen molar-refractivity contribution in [2.75, 3.05) is 6.61 Å². The minimum absolute atomic E-state index is 0.292. The van der Waals surface area contributed by atoms with E-state index in [1.807, 2.05) is 0 Å². The fourth-order valence-electron chi connectivity index (χ4n) is 0.931. The Morgan fingerprint density at radius 1 is 1.38 bits per heavy atom. The Bertz CT molecular complexity index is 239. The second kappa shape index (κ2) is 4.33. The van der Waals surface area contributed by atoms with Gasteiger partial charge in [0, 0.05) is 0 Å². The Morgan fingerprint density at radius 3 is 2.54 bits per heavy atom. The predicted molar refractivity (Wildman–Crippen MR) is 42.6 cm³/mol. The summed E-state index contributed by atoms with van der Waals surface area (Å²) in [5.74, 6) is 0. The van der Waals surface area contributed by atoms with Gasteiger partial charge in [-0.2, -0.15) is 0 Å². The summed E-state index contributed by atoms with van der Waals surface area (Å²) in [5, 5.41) is 36.1. The molecule has 0 radical (unpaired) electrons. The quantitative estimate of drug-likeness (QED) is 0.381. The number of H-pyrrole nitrogens is 1. The Balaban J connectivity index is 2.62. The van der Waals surface area contributed by atoms with Crippen molar-refractivity contribution in [2.45, 2.75) is 18.3 Å². The van der Waals surface area contributed by atoms with Crippen LogP contribution in [0.15, 0.2) is 12.5 Å². The molecular formula is C7H12N2O4. The van der Waals surface area contributed by atoms with E-state index in [1.165, 1.54) is 12.5 Å². The lowest BCUT2D eigenvalue weighted by Crippen LogP contribution is -2.34. The van der Waals surface area contributed by atoms with E-state index in [2.05, 4.69) is 9.97 Å². The van der Waals surface area contributed by atoms with Crippen LogP contribution in [0.25, 0.3) is 0 Å². The van der Waals surface area contributed by atoms with Crippen LogP contribution in [0.1, 0.15) is 11.8 Å². The highest BCUT2D eigenvalue weighted by molar-refractivity contribution is 5.02. The average molecular weight is 188 g/mol. The zero-order valence-corrected chi connectivity index (χ0v) is 6.83. The van der Waals surface area contributed by atoms with E-state index in [0.29, 0.717) is 5.69 Å². The van der Waals surface area contributed by atoms with Gasteiger partial charge in [-0.1, -0.05) is 0 Å². The monoisotopic (exact) mass is 188 g/mol. The summed E-state index contributed by atoms with van der Waals surface area (Å²) in [6.45, 7) is -0.605. The third-order valence-corrected chi connectivity index (χ3v) is 1.74. The number of aromatic nitrogens is 2. The molecule has 1 heterocycles. The van der Waals surface area contributed by atoms with Crippen LogP contribution in [0.5, 0.6) is 0 Å².